The summed E-state index contributed by atoms with van der Waals surface area (Å²) in [4.78, 5) is 31.8. The van der Waals surface area contributed by atoms with Gasteiger partial charge in [0.15, 0.2) is 0 Å². The van der Waals surface area contributed by atoms with Gasteiger partial charge in [-0.15, -0.1) is 0 Å². The number of para-hydroxylation sites is 2. The van der Waals surface area contributed by atoms with Crippen LogP contribution in [-0.4, -0.2) is 124 Å². The number of halogens is 2. The summed E-state index contributed by atoms with van der Waals surface area (Å²) >= 11 is 0. The van der Waals surface area contributed by atoms with Crippen LogP contribution in [-0.2, 0) is 27.2 Å². The molecular weight excluding hydrogens is 1050 g/mol. The van der Waals surface area contributed by atoms with Gasteiger partial charge in [0.05, 0.1) is 65.3 Å². The molecule has 80 heavy (non-hydrogen) atoms. The van der Waals surface area contributed by atoms with E-state index in [1.165, 1.54) is 24.3 Å². The predicted octanol–water partition coefficient (Wildman–Crippen LogP) is 11.8. The van der Waals surface area contributed by atoms with Crippen molar-refractivity contribution in [3.8, 4) is 33.9 Å². The number of aromatic nitrogens is 6. The van der Waals surface area contributed by atoms with Crippen molar-refractivity contribution in [2.24, 2.45) is 0 Å². The molecule has 6 N–H and O–H groups in total. The molecule has 9 rings (SSSR count). The number of aliphatic carboxylic acids is 1. The van der Waals surface area contributed by atoms with Crippen molar-refractivity contribution in [3.63, 3.8) is 0 Å². The van der Waals surface area contributed by atoms with Crippen LogP contribution < -0.4 is 10.6 Å². The van der Waals surface area contributed by atoms with E-state index in [1.54, 1.807) is 36.7 Å². The first-order valence-electron chi connectivity index (χ1n) is 26.9. The Morgan fingerprint density at radius 1 is 0.688 bits per heavy atom. The normalized spacial score (nSPS) is 15.5. The van der Waals surface area contributed by atoms with Gasteiger partial charge in [0.1, 0.15) is 29.4 Å². The first-order chi connectivity index (χ1) is 38.2. The van der Waals surface area contributed by atoms with Crippen molar-refractivity contribution >= 4 is 72.7 Å². The molecule has 0 amide bonds. The number of aliphatic hydroxyl groups is 3. The summed E-state index contributed by atoms with van der Waals surface area (Å²) in [6, 6.07) is 39.8. The summed E-state index contributed by atoms with van der Waals surface area (Å²) in [6.07, 6.45) is 3.98. The van der Waals surface area contributed by atoms with Crippen molar-refractivity contribution in [1.29, 1.82) is 0 Å². The van der Waals surface area contributed by atoms with Crippen LogP contribution in [0.2, 0.25) is 0 Å². The minimum absolute atomic E-state index is 0. The number of benzene rings is 4. The number of carbonyl (C=O) groups excluding carboxylic acids is 1. The maximum atomic E-state index is 13.9. The number of esters is 1. The average molecular weight is 1120 g/mol. The molecule has 0 radical (unpaired) electrons. The molecule has 412 valence electrons. The van der Waals surface area contributed by atoms with Crippen LogP contribution >= 0.6 is 0 Å². The van der Waals surface area contributed by atoms with Gasteiger partial charge >= 0.3 is 49.7 Å². The zero-order valence-corrected chi connectivity index (χ0v) is 47.8. The molecule has 0 aliphatic carbocycles. The summed E-state index contributed by atoms with van der Waals surface area (Å²) in [5, 5.41) is 56.5. The Bertz CT molecular complexity index is 3270. The number of nitrogens with one attached hydrogen (secondary N) is 2. The molecule has 1 fully saturated rings. The predicted molar refractivity (Wildman–Crippen MR) is 307 cm³/mol. The van der Waals surface area contributed by atoms with E-state index < -0.39 is 30.7 Å². The van der Waals surface area contributed by atoms with Crippen molar-refractivity contribution in [1.82, 2.24) is 29.5 Å². The third-order valence-corrected chi connectivity index (χ3v) is 14.1. The molecule has 0 spiro atoms. The number of pyridine rings is 2. The van der Waals surface area contributed by atoms with Gasteiger partial charge in [-0.3, -0.25) is 9.59 Å². The summed E-state index contributed by atoms with van der Waals surface area (Å²) in [5.74, 6) is -0.553. The molecular formula is C62H68CaF2N8O7+2. The number of ether oxygens (including phenoxy) is 1. The van der Waals surface area contributed by atoms with Crippen molar-refractivity contribution in [2.45, 2.75) is 128 Å². The zero-order valence-electron chi connectivity index (χ0n) is 45.6. The van der Waals surface area contributed by atoms with Crippen LogP contribution in [0.3, 0.4) is 0 Å². The molecule has 1 saturated heterocycles. The van der Waals surface area contributed by atoms with Gasteiger partial charge in [0.25, 0.3) is 0 Å². The van der Waals surface area contributed by atoms with Gasteiger partial charge in [-0.25, -0.2) is 28.1 Å². The molecule has 5 heterocycles. The van der Waals surface area contributed by atoms with E-state index in [0.29, 0.717) is 43.7 Å². The van der Waals surface area contributed by atoms with E-state index >= 15 is 0 Å². The van der Waals surface area contributed by atoms with Crippen LogP contribution in [0.4, 0.5) is 31.8 Å². The first kappa shape index (κ1) is 60.8. The van der Waals surface area contributed by atoms with E-state index in [0.717, 1.165) is 80.6 Å². The Kier molecular flexibility index (Phi) is 22.1. The number of rotatable bonds is 22. The molecule has 0 saturated carbocycles. The maximum absolute atomic E-state index is 13.9. The van der Waals surface area contributed by atoms with Crippen molar-refractivity contribution in [3.05, 3.63) is 180 Å². The molecule has 2 unspecified atom stereocenters. The first-order valence-corrected chi connectivity index (χ1v) is 26.9. The second kappa shape index (κ2) is 29.0. The smallest absolute Gasteiger partial charge is 0.481 e. The number of carboxylic acid groups (broad SMARTS) is 1. The Morgan fingerprint density at radius 3 is 1.59 bits per heavy atom. The zero-order chi connectivity index (χ0) is 56.0. The quantitative estimate of drug-likeness (QED) is 0.0276. The molecule has 0 bridgehead atoms. The van der Waals surface area contributed by atoms with Crippen molar-refractivity contribution < 1.29 is 43.5 Å². The second-order valence-corrected chi connectivity index (χ2v) is 20.1. The number of hydrogen-bond donors (Lipinski definition) is 6. The fourth-order valence-corrected chi connectivity index (χ4v) is 9.74. The third kappa shape index (κ3) is 16.2. The van der Waals surface area contributed by atoms with Crippen LogP contribution in [0.15, 0.2) is 146 Å². The average Bonchev–Trinajstić information content (AvgIpc) is 4.18. The number of anilines is 4. The number of cyclic esters (lactones) is 1. The van der Waals surface area contributed by atoms with Gasteiger partial charge in [-0.1, -0.05) is 64.1 Å². The van der Waals surface area contributed by atoms with Gasteiger partial charge in [-0.05, 0) is 130 Å². The largest absolute Gasteiger partial charge is 2.00 e. The number of carboxylic acids is 1. The molecule has 1 aliphatic heterocycles. The minimum Gasteiger partial charge on any atom is -0.481 e. The number of nitrogens with zero attached hydrogens (tertiary/aromatic N) is 6. The van der Waals surface area contributed by atoms with Gasteiger partial charge in [0, 0.05) is 76.4 Å². The Morgan fingerprint density at radius 2 is 1.15 bits per heavy atom. The van der Waals surface area contributed by atoms with Crippen molar-refractivity contribution in [2.75, 3.05) is 10.6 Å². The molecule has 1 aliphatic rings. The maximum Gasteiger partial charge on any atom is 2.00 e. The Labute approximate surface area is 495 Å². The molecule has 8 aromatic rings. The van der Waals surface area contributed by atoms with E-state index in [4.69, 9.17) is 20.0 Å². The number of aliphatic hydroxyl groups excluding tert-OH is 3. The Balaban J connectivity index is 0.000000228. The van der Waals surface area contributed by atoms with Gasteiger partial charge < -0.3 is 35.8 Å². The van der Waals surface area contributed by atoms with Crippen LogP contribution in [0.25, 0.3) is 33.9 Å². The second-order valence-electron chi connectivity index (χ2n) is 20.1. The minimum atomic E-state index is -1.13. The summed E-state index contributed by atoms with van der Waals surface area (Å²) < 4.78 is 37.1. The summed E-state index contributed by atoms with van der Waals surface area (Å²) in [5.41, 5.74) is 10.4. The summed E-state index contributed by atoms with van der Waals surface area (Å²) in [7, 11) is 0. The fraction of sp³-hybridized carbons (Fsp3) is 0.323. The molecule has 4 aromatic carbocycles. The monoisotopic (exact) mass is 1110 g/mol. The van der Waals surface area contributed by atoms with E-state index in [-0.39, 0.29) is 86.1 Å². The number of carbonyl (C=O) groups is 2. The molecule has 18 heteroatoms. The molecule has 6 atom stereocenters. The Hall–Kier alpha value is -6.86. The topological polar surface area (TPSA) is 210 Å². The summed E-state index contributed by atoms with van der Waals surface area (Å²) in [6.45, 7) is 8.44. The van der Waals surface area contributed by atoms with E-state index in [2.05, 4.69) is 48.3 Å². The fourth-order valence-electron chi connectivity index (χ4n) is 9.74. The number of hydrogen-bond acceptors (Lipinski definition) is 12. The van der Waals surface area contributed by atoms with E-state index in [9.17, 15) is 33.7 Å². The SMILES string of the molecule is CCC(C)c1nn(-c2ccnc(Nc3ccccc3)c2)c(-c2ccc(F)cc2)c1CC[C@@H](O)C[C@@H](O)CC(=O)O.CCC(C)c1nn(-c2ccnc(Nc3ccccc3)c2)c(-c2ccc(F)cc2)c1CC[C@@H]1C[C@@H](O)CC(=O)O1.[Ca+2]. The standard InChI is InChI=1S/C31H35FN4O4.C31H33FN4O3.Ca/c1-3-20(2)30-27(14-13-25(37)18-26(38)19-29(39)40)31(21-9-11-22(32)12-10-21)36(35-30)24-15-16-33-28(17-24)34-23-7-5-4-6-8-23;1-3-20(2)30-27(14-13-26-18-25(37)19-29(38)39-26)31(21-9-11-22(32)12-10-21)36(35-30)24-15-16-33-28(17-24)34-23-7-5-4-6-8-23;/h4-12,15-17,20,25-26,37-38H,3,13-14,18-19H2,1-2H3,(H,33,34)(H,39,40);4-12,15-17,20,25-26,37H,3,13-14,18-19H2,1-2H3,(H,33,34);/q;;+2/t2*20?,25-,26-;/m11./s1. The third-order valence-electron chi connectivity index (χ3n) is 14.1. The van der Waals surface area contributed by atoms with Gasteiger partial charge in [-0.2, -0.15) is 10.2 Å². The van der Waals surface area contributed by atoms with Gasteiger partial charge in [0.2, 0.25) is 0 Å². The van der Waals surface area contributed by atoms with E-state index in [1.807, 2.05) is 94.3 Å². The van der Waals surface area contributed by atoms with Crippen LogP contribution in [0.5, 0.6) is 0 Å². The van der Waals surface area contributed by atoms with Crippen LogP contribution in [0.1, 0.15) is 113 Å². The van der Waals surface area contributed by atoms with Crippen LogP contribution in [0, 0.1) is 11.6 Å². The molecule has 15 nitrogen and oxygen atoms in total. The molecule has 4 aromatic heterocycles.